The number of nitrogens with zero attached hydrogens (tertiary/aromatic N) is 3. The zero-order chi connectivity index (χ0) is 15.6. The van der Waals surface area contributed by atoms with E-state index in [9.17, 15) is 4.79 Å². The minimum Gasteiger partial charge on any atom is -0.297 e. The van der Waals surface area contributed by atoms with Crippen molar-refractivity contribution in [3.63, 3.8) is 0 Å². The predicted molar refractivity (Wildman–Crippen MR) is 88.5 cm³/mol. The van der Waals surface area contributed by atoms with Gasteiger partial charge in [-0.05, 0) is 31.0 Å². The summed E-state index contributed by atoms with van der Waals surface area (Å²) in [7, 11) is 0. The van der Waals surface area contributed by atoms with Crippen LogP contribution in [0.3, 0.4) is 0 Å². The third kappa shape index (κ3) is 2.87. The van der Waals surface area contributed by atoms with Gasteiger partial charge in [-0.1, -0.05) is 6.42 Å². The lowest BCUT2D eigenvalue weighted by atomic mass is 9.83. The Balaban J connectivity index is 1.47. The van der Waals surface area contributed by atoms with Gasteiger partial charge in [0.1, 0.15) is 5.69 Å². The lowest BCUT2D eigenvalue weighted by Crippen LogP contribution is -2.13. The summed E-state index contributed by atoms with van der Waals surface area (Å²) in [4.78, 5) is 20.8. The van der Waals surface area contributed by atoms with E-state index in [4.69, 9.17) is 0 Å². The van der Waals surface area contributed by atoms with E-state index < -0.39 is 0 Å². The molecule has 0 radical (unpaired) electrons. The highest BCUT2D eigenvalue weighted by atomic mass is 32.1. The number of rotatable bonds is 4. The molecule has 0 unspecified atom stereocenters. The Kier molecular flexibility index (Phi) is 3.63. The number of H-pyrrole nitrogens is 1. The summed E-state index contributed by atoms with van der Waals surface area (Å²) in [6.45, 7) is 0. The number of carbonyl (C=O) groups excluding carboxylic acids is 1. The van der Waals surface area contributed by atoms with Gasteiger partial charge >= 0.3 is 0 Å². The molecule has 3 aromatic heterocycles. The molecule has 0 aromatic carbocycles. The van der Waals surface area contributed by atoms with Crippen molar-refractivity contribution in [3.05, 3.63) is 47.4 Å². The average molecular weight is 325 g/mol. The first kappa shape index (κ1) is 14.1. The first-order valence-electron chi connectivity index (χ1n) is 7.52. The number of pyridine rings is 1. The van der Waals surface area contributed by atoms with Crippen molar-refractivity contribution >= 4 is 22.4 Å². The minimum atomic E-state index is -0.229. The Labute approximate surface area is 137 Å². The number of hydrogen-bond acceptors (Lipinski definition) is 5. The Morgan fingerprint density at radius 2 is 2.13 bits per heavy atom. The molecular weight excluding hydrogens is 310 g/mol. The van der Waals surface area contributed by atoms with Gasteiger partial charge in [0, 0.05) is 29.3 Å². The van der Waals surface area contributed by atoms with Crippen molar-refractivity contribution in [2.24, 2.45) is 0 Å². The van der Waals surface area contributed by atoms with Crippen LogP contribution in [0.1, 0.15) is 41.4 Å². The monoisotopic (exact) mass is 325 g/mol. The van der Waals surface area contributed by atoms with E-state index in [-0.39, 0.29) is 5.91 Å². The van der Waals surface area contributed by atoms with Gasteiger partial charge in [-0.3, -0.25) is 20.2 Å². The SMILES string of the molecule is O=C(Nc1nc(C2CCC2)cs1)c1cc(-c2ccncc2)n[nH]1. The van der Waals surface area contributed by atoms with Crippen molar-refractivity contribution in [3.8, 4) is 11.3 Å². The van der Waals surface area contributed by atoms with Gasteiger partial charge in [-0.15, -0.1) is 11.3 Å². The average Bonchev–Trinajstić information content (AvgIpc) is 3.16. The van der Waals surface area contributed by atoms with Crippen LogP contribution in [0.25, 0.3) is 11.3 Å². The fraction of sp³-hybridized carbons (Fsp3) is 0.250. The molecule has 3 aromatic rings. The van der Waals surface area contributed by atoms with Crippen LogP contribution in [0.2, 0.25) is 0 Å². The first-order chi connectivity index (χ1) is 11.3. The molecule has 0 saturated heterocycles. The Morgan fingerprint density at radius 1 is 1.30 bits per heavy atom. The van der Waals surface area contributed by atoms with E-state index in [1.54, 1.807) is 18.5 Å². The van der Waals surface area contributed by atoms with Crippen LogP contribution < -0.4 is 5.32 Å². The molecule has 0 atom stereocenters. The fourth-order valence-electron chi connectivity index (χ4n) is 2.51. The molecule has 0 bridgehead atoms. The number of aromatic nitrogens is 4. The zero-order valence-electron chi connectivity index (χ0n) is 12.3. The summed E-state index contributed by atoms with van der Waals surface area (Å²) in [5.74, 6) is 0.342. The molecule has 1 amide bonds. The van der Waals surface area contributed by atoms with E-state index in [1.807, 2.05) is 17.5 Å². The molecule has 6 nitrogen and oxygen atoms in total. The van der Waals surface area contributed by atoms with Crippen LogP contribution >= 0.6 is 11.3 Å². The molecular formula is C16H15N5OS. The van der Waals surface area contributed by atoms with Crippen LogP contribution in [-0.4, -0.2) is 26.1 Å². The van der Waals surface area contributed by atoms with Crippen molar-refractivity contribution in [2.45, 2.75) is 25.2 Å². The highest BCUT2D eigenvalue weighted by Gasteiger charge is 2.22. The molecule has 1 aliphatic carbocycles. The summed E-state index contributed by atoms with van der Waals surface area (Å²) in [5, 5.41) is 12.4. The molecule has 1 aliphatic rings. The number of nitrogens with one attached hydrogen (secondary N) is 2. The molecule has 1 saturated carbocycles. The summed E-state index contributed by atoms with van der Waals surface area (Å²) in [6.07, 6.45) is 7.07. The maximum Gasteiger partial charge on any atom is 0.275 e. The Hall–Kier alpha value is -2.54. The van der Waals surface area contributed by atoms with E-state index >= 15 is 0 Å². The highest BCUT2D eigenvalue weighted by molar-refractivity contribution is 7.14. The van der Waals surface area contributed by atoms with Crippen LogP contribution in [0.4, 0.5) is 5.13 Å². The Morgan fingerprint density at radius 3 is 2.87 bits per heavy atom. The number of amides is 1. The van der Waals surface area contributed by atoms with Gasteiger partial charge in [-0.2, -0.15) is 5.10 Å². The summed E-state index contributed by atoms with van der Waals surface area (Å²) < 4.78 is 0. The van der Waals surface area contributed by atoms with E-state index in [1.165, 1.54) is 30.6 Å². The topological polar surface area (TPSA) is 83.6 Å². The van der Waals surface area contributed by atoms with Gasteiger partial charge in [0.05, 0.1) is 11.4 Å². The van der Waals surface area contributed by atoms with Crippen molar-refractivity contribution in [1.29, 1.82) is 0 Å². The number of aromatic amines is 1. The first-order valence-corrected chi connectivity index (χ1v) is 8.40. The van der Waals surface area contributed by atoms with Gasteiger partial charge in [0.15, 0.2) is 5.13 Å². The normalized spacial score (nSPS) is 14.4. The molecule has 1 fully saturated rings. The number of hydrogen-bond donors (Lipinski definition) is 2. The van der Waals surface area contributed by atoms with Crippen LogP contribution in [0.5, 0.6) is 0 Å². The molecule has 0 aliphatic heterocycles. The molecule has 3 heterocycles. The molecule has 116 valence electrons. The third-order valence-corrected chi connectivity index (χ3v) is 4.84. The van der Waals surface area contributed by atoms with Crippen molar-refractivity contribution in [1.82, 2.24) is 20.2 Å². The maximum atomic E-state index is 12.3. The highest BCUT2D eigenvalue weighted by Crippen LogP contribution is 2.37. The third-order valence-electron chi connectivity index (χ3n) is 4.06. The van der Waals surface area contributed by atoms with Gasteiger partial charge < -0.3 is 0 Å². The smallest absolute Gasteiger partial charge is 0.275 e. The lowest BCUT2D eigenvalue weighted by molar-refractivity contribution is 0.102. The second-order valence-electron chi connectivity index (χ2n) is 5.56. The quantitative estimate of drug-likeness (QED) is 0.769. The number of carbonyl (C=O) groups is 1. The lowest BCUT2D eigenvalue weighted by Gasteiger charge is -2.22. The standard InChI is InChI=1S/C16H15N5OS/c22-15(19-16-18-14(9-23-16)10-2-1-3-10)13-8-12(20-21-13)11-4-6-17-7-5-11/h4-10H,1-3H2,(H,20,21)(H,18,19,22). The summed E-state index contributed by atoms with van der Waals surface area (Å²) in [6, 6.07) is 5.43. The molecule has 4 rings (SSSR count). The van der Waals surface area contributed by atoms with Crippen molar-refractivity contribution in [2.75, 3.05) is 5.32 Å². The van der Waals surface area contributed by atoms with Crippen molar-refractivity contribution < 1.29 is 4.79 Å². The largest absolute Gasteiger partial charge is 0.297 e. The zero-order valence-corrected chi connectivity index (χ0v) is 13.1. The molecule has 0 spiro atoms. The van der Waals surface area contributed by atoms with E-state index in [2.05, 4.69) is 25.5 Å². The van der Waals surface area contributed by atoms with Crippen LogP contribution in [0.15, 0.2) is 36.0 Å². The minimum absolute atomic E-state index is 0.229. The van der Waals surface area contributed by atoms with Gasteiger partial charge in [0.2, 0.25) is 0 Å². The molecule has 23 heavy (non-hydrogen) atoms. The Bertz CT molecular complexity index is 822. The summed E-state index contributed by atoms with van der Waals surface area (Å²) >= 11 is 1.47. The van der Waals surface area contributed by atoms with Gasteiger partial charge in [-0.25, -0.2) is 4.98 Å². The summed E-state index contributed by atoms with van der Waals surface area (Å²) in [5.41, 5.74) is 3.14. The van der Waals surface area contributed by atoms with E-state index in [0.717, 1.165) is 11.3 Å². The molecule has 2 N–H and O–H groups in total. The van der Waals surface area contributed by atoms with Crippen LogP contribution in [-0.2, 0) is 0 Å². The second kappa shape index (κ2) is 5.92. The maximum absolute atomic E-state index is 12.3. The fourth-order valence-corrected chi connectivity index (χ4v) is 3.30. The number of anilines is 1. The number of thiazole rings is 1. The van der Waals surface area contributed by atoms with Crippen LogP contribution in [0, 0.1) is 0 Å². The second-order valence-corrected chi connectivity index (χ2v) is 6.42. The predicted octanol–water partition coefficient (Wildman–Crippen LogP) is 3.45. The molecule has 7 heteroatoms. The van der Waals surface area contributed by atoms with E-state index in [0.29, 0.717) is 22.4 Å². The van der Waals surface area contributed by atoms with Gasteiger partial charge in [0.25, 0.3) is 5.91 Å².